The van der Waals surface area contributed by atoms with Crippen LogP contribution in [0.2, 0.25) is 0 Å². The number of carboxylic acids is 1. The van der Waals surface area contributed by atoms with E-state index in [0.717, 1.165) is 16.7 Å². The van der Waals surface area contributed by atoms with Crippen LogP contribution in [0, 0.1) is 11.8 Å². The van der Waals surface area contributed by atoms with Gasteiger partial charge in [0.1, 0.15) is 39.6 Å². The number of carbonyl (C=O) groups is 14. The van der Waals surface area contributed by atoms with Gasteiger partial charge in [0, 0.05) is 103 Å². The normalized spacial score (nSPS) is 12.1. The van der Waals surface area contributed by atoms with Gasteiger partial charge in [0.25, 0.3) is 17.7 Å². The summed E-state index contributed by atoms with van der Waals surface area (Å²) in [5, 5.41) is 20.5. The Hall–Kier alpha value is -12.1. The van der Waals surface area contributed by atoms with Gasteiger partial charge < -0.3 is 69.0 Å². The van der Waals surface area contributed by atoms with Crippen LogP contribution in [-0.4, -0.2) is 133 Å². The van der Waals surface area contributed by atoms with Crippen LogP contribution < -0.4 is 21.3 Å². The Morgan fingerprint density at radius 2 is 0.477 bits per heavy atom. The number of hydrogen-bond donors (Lipinski definition) is 5. The lowest BCUT2D eigenvalue weighted by atomic mass is 9.84. The molecule has 4 amide bonds. The fourth-order valence-electron chi connectivity index (χ4n) is 10.8. The summed E-state index contributed by atoms with van der Waals surface area (Å²) >= 11 is 0. The number of ether oxygens (including phenoxy) is 9. The van der Waals surface area contributed by atoms with Crippen molar-refractivity contribution < 1.29 is 115 Å². The Morgan fingerprint density at radius 1 is 0.252 bits per heavy atom. The third-order valence-electron chi connectivity index (χ3n) is 16.9. The molecule has 0 bridgehead atoms. The zero-order chi connectivity index (χ0) is 79.6. The molecule has 0 saturated carbocycles. The van der Waals surface area contributed by atoms with Crippen molar-refractivity contribution in [2.75, 3.05) is 26.2 Å². The minimum Gasteiger partial charge on any atom is -0.481 e. The average molecular weight is 1530 g/mol. The zero-order valence-corrected chi connectivity index (χ0v) is 61.8. The van der Waals surface area contributed by atoms with E-state index >= 15 is 0 Å². The van der Waals surface area contributed by atoms with Crippen LogP contribution in [0.25, 0.3) is 0 Å². The number of hydrogen-bond acceptors (Lipinski definition) is 23. The minimum atomic E-state index is -1.82. The maximum atomic E-state index is 14.9. The Kier molecular flexibility index (Phi) is 40.6. The van der Waals surface area contributed by atoms with E-state index in [4.69, 9.17) is 42.6 Å². The standard InChI is InChI=1S/C83H96N4O24/c88-70(89)44-39-66(83(102)111-69(43-48-76(95)108-58-64-33-17-6-18-34-64)82(101)87-52-21-37-73(92)105-55-61-27-11-3-12-28-61)65(40-45-78(97)110-68(42-47-75(94)107-57-63-31-15-5-16-32-63)81(100)86-51-20-36-72(91)104-54-60-25-9-2-10-26-60)79(98)84-49-22-38-77(96)109-67(41-46-74(93)106-56-62-29-13-4-14-30-62)80(99)85-50-19-35-71(90)103-53-59-23-7-1-8-24-59/h1-18,23-34,65-69H,19-22,35-58H2,(H,84,98)(H,85,99)(H,86,100)(H,87,101)(H,88,89). The third kappa shape index (κ3) is 37.5. The highest BCUT2D eigenvalue weighted by Gasteiger charge is 2.39. The van der Waals surface area contributed by atoms with E-state index in [2.05, 4.69) is 21.3 Å². The highest BCUT2D eigenvalue weighted by molar-refractivity contribution is 5.90. The molecule has 592 valence electrons. The maximum absolute atomic E-state index is 14.9. The SMILES string of the molecule is O=C(O)CCC(C(=O)OC(CCC(=O)OCc1ccccc1)C(=O)NCCCC(=O)OCc1ccccc1)C(CCC(=O)OC(CCC(=O)OCc1ccccc1)C(=O)NCCCC(=O)OCc1ccccc1)C(=O)NCCCC(=O)OC(CCC(=O)OCc1ccccc1)C(=O)NCCCC(=O)OCc1ccccc1. The summed E-state index contributed by atoms with van der Waals surface area (Å²) in [5.41, 5.74) is 4.25. The lowest BCUT2D eigenvalue weighted by Crippen LogP contribution is -2.44. The highest BCUT2D eigenvalue weighted by Crippen LogP contribution is 2.28. The average Bonchev–Trinajstić information content (AvgIpc) is 0.842. The Balaban J connectivity index is 1.19. The Labute approximate surface area is 643 Å². The van der Waals surface area contributed by atoms with Crippen molar-refractivity contribution in [2.45, 2.75) is 174 Å². The van der Waals surface area contributed by atoms with E-state index in [1.165, 1.54) is 0 Å². The molecular formula is C83H96N4O24. The summed E-state index contributed by atoms with van der Waals surface area (Å²) < 4.78 is 49.4. The number of carbonyl (C=O) groups excluding carboxylic acids is 13. The molecule has 0 radical (unpaired) electrons. The highest BCUT2D eigenvalue weighted by atomic mass is 16.6. The molecule has 0 aliphatic rings. The predicted octanol–water partition coefficient (Wildman–Crippen LogP) is 8.99. The lowest BCUT2D eigenvalue weighted by Gasteiger charge is -2.27. The molecule has 0 saturated heterocycles. The predicted molar refractivity (Wildman–Crippen MR) is 397 cm³/mol. The van der Waals surface area contributed by atoms with Gasteiger partial charge in [0.15, 0.2) is 18.3 Å². The minimum absolute atomic E-state index is 0.00629. The number of carboxylic acid groups (broad SMARTS) is 1. The van der Waals surface area contributed by atoms with Crippen molar-refractivity contribution in [1.82, 2.24) is 21.3 Å². The molecule has 0 fully saturated rings. The quantitative estimate of drug-likeness (QED) is 0.0135. The van der Waals surface area contributed by atoms with Crippen LogP contribution in [-0.2, 0) is 149 Å². The molecule has 0 heterocycles. The Morgan fingerprint density at radius 3 is 0.757 bits per heavy atom. The number of rotatable bonds is 52. The van der Waals surface area contributed by atoms with Crippen molar-refractivity contribution in [3.05, 3.63) is 215 Å². The summed E-state index contributed by atoms with van der Waals surface area (Å²) in [6.07, 6.45) is -11.3. The second-order valence-corrected chi connectivity index (χ2v) is 25.6. The van der Waals surface area contributed by atoms with E-state index in [0.29, 0.717) is 16.7 Å². The molecule has 6 aromatic rings. The van der Waals surface area contributed by atoms with Gasteiger partial charge in [-0.25, -0.2) is 0 Å². The second-order valence-electron chi connectivity index (χ2n) is 25.6. The van der Waals surface area contributed by atoms with E-state index in [-0.39, 0.29) is 124 Å². The van der Waals surface area contributed by atoms with Crippen LogP contribution >= 0.6 is 0 Å². The first kappa shape index (κ1) is 87.8. The molecule has 5 unspecified atom stereocenters. The molecule has 0 spiro atoms. The van der Waals surface area contributed by atoms with Gasteiger partial charge in [0.2, 0.25) is 5.91 Å². The largest absolute Gasteiger partial charge is 0.481 e. The van der Waals surface area contributed by atoms with Crippen LogP contribution in [0.4, 0.5) is 0 Å². The van der Waals surface area contributed by atoms with E-state index in [1.54, 1.807) is 170 Å². The zero-order valence-electron chi connectivity index (χ0n) is 61.8. The lowest BCUT2D eigenvalue weighted by molar-refractivity contribution is -0.165. The number of amides is 4. The molecule has 0 aliphatic heterocycles. The molecule has 0 aliphatic carbocycles. The first-order valence-corrected chi connectivity index (χ1v) is 36.9. The van der Waals surface area contributed by atoms with Crippen LogP contribution in [0.3, 0.4) is 0 Å². The fourth-order valence-corrected chi connectivity index (χ4v) is 10.8. The molecule has 28 nitrogen and oxygen atoms in total. The van der Waals surface area contributed by atoms with Gasteiger partial charge in [-0.2, -0.15) is 0 Å². The molecule has 5 N–H and O–H groups in total. The Bertz CT molecular complexity index is 3910. The van der Waals surface area contributed by atoms with Crippen molar-refractivity contribution in [1.29, 1.82) is 0 Å². The first-order valence-electron chi connectivity index (χ1n) is 36.9. The van der Waals surface area contributed by atoms with Gasteiger partial charge in [-0.15, -0.1) is 0 Å². The molecule has 6 rings (SSSR count). The molecule has 6 aromatic carbocycles. The topological polar surface area (TPSA) is 390 Å². The van der Waals surface area contributed by atoms with Gasteiger partial charge in [-0.1, -0.05) is 182 Å². The molecule has 28 heteroatoms. The smallest absolute Gasteiger partial charge is 0.310 e. The van der Waals surface area contributed by atoms with Crippen LogP contribution in [0.1, 0.15) is 149 Å². The number of aliphatic carboxylic acids is 1. The number of nitrogens with one attached hydrogen (secondary N) is 4. The van der Waals surface area contributed by atoms with Crippen molar-refractivity contribution in [3.8, 4) is 0 Å². The number of benzene rings is 6. The van der Waals surface area contributed by atoms with Crippen molar-refractivity contribution in [3.63, 3.8) is 0 Å². The van der Waals surface area contributed by atoms with Gasteiger partial charge in [-0.3, -0.25) is 67.1 Å². The van der Waals surface area contributed by atoms with Gasteiger partial charge >= 0.3 is 59.7 Å². The summed E-state index contributed by atoms with van der Waals surface area (Å²) in [4.78, 5) is 189. The maximum Gasteiger partial charge on any atom is 0.310 e. The molecule has 111 heavy (non-hydrogen) atoms. The van der Waals surface area contributed by atoms with E-state index < -0.39 is 171 Å². The fraction of sp³-hybridized carbons (Fsp3) is 0.398. The van der Waals surface area contributed by atoms with E-state index in [1.807, 2.05) is 12.1 Å². The van der Waals surface area contributed by atoms with Crippen LogP contribution in [0.15, 0.2) is 182 Å². The van der Waals surface area contributed by atoms with Crippen molar-refractivity contribution in [2.24, 2.45) is 11.8 Å². The summed E-state index contributed by atoms with van der Waals surface area (Å²) in [7, 11) is 0. The monoisotopic (exact) mass is 1530 g/mol. The second kappa shape index (κ2) is 51.3. The van der Waals surface area contributed by atoms with Gasteiger partial charge in [0.05, 0.1) is 11.8 Å². The molecular weight excluding hydrogens is 1440 g/mol. The number of esters is 9. The van der Waals surface area contributed by atoms with E-state index in [9.17, 15) is 72.2 Å². The molecule has 0 aromatic heterocycles. The summed E-state index contributed by atoms with van der Waals surface area (Å²) in [6.45, 7) is -1.01. The molecule has 5 atom stereocenters. The summed E-state index contributed by atoms with van der Waals surface area (Å²) in [6, 6.07) is 52.9. The third-order valence-corrected chi connectivity index (χ3v) is 16.9. The van der Waals surface area contributed by atoms with Gasteiger partial charge in [-0.05, 0) is 71.9 Å². The first-order chi connectivity index (χ1) is 53.8. The van der Waals surface area contributed by atoms with Crippen LogP contribution in [0.5, 0.6) is 0 Å². The summed E-state index contributed by atoms with van der Waals surface area (Å²) in [5.74, 6) is -16.0. The van der Waals surface area contributed by atoms with Crippen molar-refractivity contribution >= 4 is 83.3 Å².